The molecule has 21 heavy (non-hydrogen) atoms. The molecule has 3 nitrogen and oxygen atoms in total. The predicted octanol–water partition coefficient (Wildman–Crippen LogP) is 4.99. The van der Waals surface area contributed by atoms with Gasteiger partial charge in [0.25, 0.3) is 0 Å². The maximum absolute atomic E-state index is 6.12. The Kier molecular flexibility index (Phi) is 4.27. The summed E-state index contributed by atoms with van der Waals surface area (Å²) in [5, 5.41) is 4.76. The first-order valence-corrected chi connectivity index (χ1v) is 7.86. The van der Waals surface area contributed by atoms with Crippen molar-refractivity contribution in [3.8, 4) is 11.4 Å². The Balaban J connectivity index is 1.71. The number of benzene rings is 2. The second-order valence-electron chi connectivity index (χ2n) is 4.60. The molecule has 106 valence electrons. The van der Waals surface area contributed by atoms with Gasteiger partial charge in [-0.15, -0.1) is 11.8 Å². The van der Waals surface area contributed by atoms with Crippen molar-refractivity contribution in [1.82, 2.24) is 10.1 Å². The van der Waals surface area contributed by atoms with Gasteiger partial charge >= 0.3 is 0 Å². The molecule has 1 aromatic heterocycles. The molecule has 0 spiro atoms. The number of rotatable bonds is 4. The molecule has 3 aromatic rings. The number of nitrogens with zero attached hydrogens (tertiary/aromatic N) is 2. The van der Waals surface area contributed by atoms with Crippen molar-refractivity contribution in [3.05, 3.63) is 65.0 Å². The van der Waals surface area contributed by atoms with E-state index in [9.17, 15) is 0 Å². The topological polar surface area (TPSA) is 38.9 Å². The van der Waals surface area contributed by atoms with E-state index in [1.165, 1.54) is 5.56 Å². The van der Waals surface area contributed by atoms with E-state index in [1.54, 1.807) is 11.8 Å². The van der Waals surface area contributed by atoms with Gasteiger partial charge in [0.05, 0.1) is 10.8 Å². The van der Waals surface area contributed by atoms with Gasteiger partial charge in [0.2, 0.25) is 11.7 Å². The summed E-state index contributed by atoms with van der Waals surface area (Å²) in [7, 11) is 0. The SMILES string of the molecule is Cc1ccc(-c2noc(CSc3ccccc3Cl)n2)cc1. The number of thioether (sulfide) groups is 1. The lowest BCUT2D eigenvalue weighted by molar-refractivity contribution is 0.391. The van der Waals surface area contributed by atoms with Crippen LogP contribution in [0.15, 0.2) is 57.9 Å². The first kappa shape index (κ1) is 14.2. The van der Waals surface area contributed by atoms with Gasteiger partial charge in [-0.05, 0) is 19.1 Å². The third-order valence-electron chi connectivity index (χ3n) is 2.97. The van der Waals surface area contributed by atoms with Crippen molar-refractivity contribution in [2.45, 2.75) is 17.6 Å². The van der Waals surface area contributed by atoms with Crippen molar-refractivity contribution in [1.29, 1.82) is 0 Å². The molecular weight excluding hydrogens is 304 g/mol. The van der Waals surface area contributed by atoms with Crippen LogP contribution in [0.4, 0.5) is 0 Å². The number of halogens is 1. The van der Waals surface area contributed by atoms with Crippen LogP contribution in [-0.2, 0) is 5.75 Å². The Morgan fingerprint density at radius 3 is 2.62 bits per heavy atom. The second kappa shape index (κ2) is 6.33. The fourth-order valence-electron chi connectivity index (χ4n) is 1.83. The number of hydrogen-bond acceptors (Lipinski definition) is 4. The quantitative estimate of drug-likeness (QED) is 0.636. The van der Waals surface area contributed by atoms with Gasteiger partial charge in [-0.2, -0.15) is 4.98 Å². The van der Waals surface area contributed by atoms with E-state index in [4.69, 9.17) is 16.1 Å². The number of hydrogen-bond donors (Lipinski definition) is 0. The summed E-state index contributed by atoms with van der Waals surface area (Å²) >= 11 is 7.70. The van der Waals surface area contributed by atoms with Crippen LogP contribution in [0.2, 0.25) is 5.02 Å². The van der Waals surface area contributed by atoms with Crippen LogP contribution in [0.25, 0.3) is 11.4 Å². The zero-order valence-electron chi connectivity index (χ0n) is 11.4. The van der Waals surface area contributed by atoms with Crippen LogP contribution in [0.5, 0.6) is 0 Å². The van der Waals surface area contributed by atoms with Crippen LogP contribution in [-0.4, -0.2) is 10.1 Å². The molecule has 3 rings (SSSR count). The van der Waals surface area contributed by atoms with Crippen molar-refractivity contribution >= 4 is 23.4 Å². The smallest absolute Gasteiger partial charge is 0.237 e. The van der Waals surface area contributed by atoms with Crippen LogP contribution in [0.3, 0.4) is 0 Å². The summed E-state index contributed by atoms with van der Waals surface area (Å²) < 4.78 is 5.29. The molecule has 0 amide bonds. The minimum Gasteiger partial charge on any atom is -0.338 e. The summed E-state index contributed by atoms with van der Waals surface area (Å²) in [5.41, 5.74) is 2.16. The average Bonchev–Trinajstić information content (AvgIpc) is 2.96. The Morgan fingerprint density at radius 2 is 1.86 bits per heavy atom. The average molecular weight is 317 g/mol. The molecule has 5 heteroatoms. The van der Waals surface area contributed by atoms with Gasteiger partial charge in [0.1, 0.15) is 0 Å². The van der Waals surface area contributed by atoms with Crippen LogP contribution in [0, 0.1) is 6.92 Å². The zero-order chi connectivity index (χ0) is 14.7. The van der Waals surface area contributed by atoms with E-state index in [0.717, 1.165) is 15.5 Å². The molecule has 0 radical (unpaired) electrons. The third-order valence-corrected chi connectivity index (χ3v) is 4.47. The Hall–Kier alpha value is -1.78. The fourth-order valence-corrected chi connectivity index (χ4v) is 2.91. The molecule has 0 N–H and O–H groups in total. The summed E-state index contributed by atoms with van der Waals surface area (Å²) in [4.78, 5) is 5.42. The van der Waals surface area contributed by atoms with Gasteiger partial charge < -0.3 is 4.52 Å². The molecule has 0 aliphatic heterocycles. The minimum absolute atomic E-state index is 0.593. The van der Waals surface area contributed by atoms with E-state index in [2.05, 4.69) is 10.1 Å². The van der Waals surface area contributed by atoms with E-state index < -0.39 is 0 Å². The zero-order valence-corrected chi connectivity index (χ0v) is 13.0. The molecule has 0 saturated carbocycles. The minimum atomic E-state index is 0.593. The molecular formula is C16H13ClN2OS. The largest absolute Gasteiger partial charge is 0.338 e. The van der Waals surface area contributed by atoms with Gasteiger partial charge in [0, 0.05) is 10.5 Å². The number of aromatic nitrogens is 2. The molecule has 1 heterocycles. The molecule has 0 aliphatic rings. The molecule has 0 atom stereocenters. The standard InChI is InChI=1S/C16H13ClN2OS/c1-11-6-8-12(9-7-11)16-18-15(20-19-16)10-21-14-5-3-2-4-13(14)17/h2-9H,10H2,1H3. The Morgan fingerprint density at radius 1 is 1.10 bits per heavy atom. The van der Waals surface area contributed by atoms with E-state index >= 15 is 0 Å². The third kappa shape index (κ3) is 3.46. The van der Waals surface area contributed by atoms with Crippen LogP contribution in [0.1, 0.15) is 11.5 Å². The van der Waals surface area contributed by atoms with Gasteiger partial charge in [-0.25, -0.2) is 0 Å². The molecule has 2 aromatic carbocycles. The Labute approximate surface area is 132 Å². The van der Waals surface area contributed by atoms with Crippen molar-refractivity contribution in [3.63, 3.8) is 0 Å². The van der Waals surface area contributed by atoms with Gasteiger partial charge in [-0.1, -0.05) is 58.7 Å². The predicted molar refractivity (Wildman–Crippen MR) is 85.5 cm³/mol. The highest BCUT2D eigenvalue weighted by Crippen LogP contribution is 2.29. The summed E-state index contributed by atoms with van der Waals surface area (Å²) in [5.74, 6) is 1.81. The van der Waals surface area contributed by atoms with E-state index in [-0.39, 0.29) is 0 Å². The first-order chi connectivity index (χ1) is 10.2. The molecule has 0 unspecified atom stereocenters. The van der Waals surface area contributed by atoms with Crippen molar-refractivity contribution in [2.75, 3.05) is 0 Å². The molecule has 0 bridgehead atoms. The molecule has 0 saturated heterocycles. The molecule has 0 aliphatic carbocycles. The van der Waals surface area contributed by atoms with Gasteiger partial charge in [-0.3, -0.25) is 0 Å². The second-order valence-corrected chi connectivity index (χ2v) is 6.02. The van der Waals surface area contributed by atoms with Crippen molar-refractivity contribution in [2.24, 2.45) is 0 Å². The summed E-state index contributed by atoms with van der Waals surface area (Å²) in [6, 6.07) is 15.8. The summed E-state index contributed by atoms with van der Waals surface area (Å²) in [6.07, 6.45) is 0. The number of aryl methyl sites for hydroxylation is 1. The first-order valence-electron chi connectivity index (χ1n) is 6.49. The highest BCUT2D eigenvalue weighted by molar-refractivity contribution is 7.98. The lowest BCUT2D eigenvalue weighted by Crippen LogP contribution is -1.83. The van der Waals surface area contributed by atoms with Gasteiger partial charge in [0.15, 0.2) is 0 Å². The highest BCUT2D eigenvalue weighted by Gasteiger charge is 2.09. The van der Waals surface area contributed by atoms with E-state index in [0.29, 0.717) is 17.5 Å². The maximum atomic E-state index is 6.12. The summed E-state index contributed by atoms with van der Waals surface area (Å²) in [6.45, 7) is 2.05. The molecule has 0 fully saturated rings. The lowest BCUT2D eigenvalue weighted by atomic mass is 10.1. The normalized spacial score (nSPS) is 10.8. The van der Waals surface area contributed by atoms with E-state index in [1.807, 2.05) is 55.5 Å². The highest BCUT2D eigenvalue weighted by atomic mass is 35.5. The fraction of sp³-hybridized carbons (Fsp3) is 0.125. The van der Waals surface area contributed by atoms with Crippen LogP contribution >= 0.6 is 23.4 Å². The Bertz CT molecular complexity index is 740. The van der Waals surface area contributed by atoms with Crippen LogP contribution < -0.4 is 0 Å². The monoisotopic (exact) mass is 316 g/mol. The maximum Gasteiger partial charge on any atom is 0.237 e. The van der Waals surface area contributed by atoms with Crippen molar-refractivity contribution < 1.29 is 4.52 Å². The lowest BCUT2D eigenvalue weighted by Gasteiger charge is -2.00.